The summed E-state index contributed by atoms with van der Waals surface area (Å²) >= 11 is 5.93. The fraction of sp³-hybridized carbons (Fsp3) is 0.520. The van der Waals surface area contributed by atoms with Gasteiger partial charge >= 0.3 is 6.18 Å². The van der Waals surface area contributed by atoms with Crippen LogP contribution < -0.4 is 16.2 Å². The Morgan fingerprint density at radius 2 is 2.05 bits per heavy atom. The summed E-state index contributed by atoms with van der Waals surface area (Å²) in [6, 6.07) is 1.73. The van der Waals surface area contributed by atoms with Gasteiger partial charge in [-0.05, 0) is 57.0 Å². The lowest BCUT2D eigenvalue weighted by molar-refractivity contribution is -0.141. The van der Waals surface area contributed by atoms with Crippen molar-refractivity contribution in [3.63, 3.8) is 0 Å². The van der Waals surface area contributed by atoms with Gasteiger partial charge < -0.3 is 20.1 Å². The van der Waals surface area contributed by atoms with E-state index in [9.17, 15) is 22.8 Å². The summed E-state index contributed by atoms with van der Waals surface area (Å²) in [4.78, 5) is 30.6. The predicted molar refractivity (Wildman–Crippen MR) is 139 cm³/mol. The Hall–Kier alpha value is -3.20. The van der Waals surface area contributed by atoms with Crippen LogP contribution in [0.25, 0.3) is 5.57 Å². The Bertz CT molecular complexity index is 1460. The summed E-state index contributed by atoms with van der Waals surface area (Å²) in [5, 5.41) is 13.1. The number of anilines is 1. The molecule has 1 saturated heterocycles. The standard InChI is InChI=1S/C25H29ClF3N7O4/c1-14-20-19(24(40-14)7-9-30-10-8-24)23(38)36(34-22(35(2)33-20)15-5-11-39-12-6-15)13-18(37)31-16-3-4-17(25(27,28)29)32-21(16)26/h3-5,14,30,33H,6-13H2,1-2H3,(H,31,37). The molecular weight excluding hydrogens is 555 g/mol. The Kier molecular flexibility index (Phi) is 7.79. The number of pyridine rings is 1. The highest BCUT2D eigenvalue weighted by Gasteiger charge is 2.47. The zero-order valence-corrected chi connectivity index (χ0v) is 22.7. The summed E-state index contributed by atoms with van der Waals surface area (Å²) < 4.78 is 53.5. The van der Waals surface area contributed by atoms with Gasteiger partial charge in [-0.15, -0.1) is 5.10 Å². The van der Waals surface area contributed by atoms with Crippen molar-refractivity contribution in [3.05, 3.63) is 56.5 Å². The van der Waals surface area contributed by atoms with Gasteiger partial charge in [0.25, 0.3) is 5.56 Å². The third kappa shape index (κ3) is 5.53. The van der Waals surface area contributed by atoms with Crippen LogP contribution in [0.1, 0.15) is 55.1 Å². The van der Waals surface area contributed by atoms with E-state index in [0.717, 1.165) is 16.3 Å². The molecule has 15 heteroatoms. The third-order valence-electron chi connectivity index (χ3n) is 7.17. The van der Waals surface area contributed by atoms with Crippen LogP contribution in [0.3, 0.4) is 0 Å². The fourth-order valence-electron chi connectivity index (χ4n) is 5.28. The van der Waals surface area contributed by atoms with Crippen molar-refractivity contribution in [1.82, 2.24) is 29.9 Å². The maximum absolute atomic E-state index is 14.2. The molecule has 2 aromatic rings. The van der Waals surface area contributed by atoms with Crippen molar-refractivity contribution in [2.45, 2.75) is 50.6 Å². The van der Waals surface area contributed by atoms with Crippen molar-refractivity contribution in [2.24, 2.45) is 7.05 Å². The number of aromatic amines is 1. The molecule has 1 fully saturated rings. The molecular formula is C25H29ClF3N7O4. The van der Waals surface area contributed by atoms with Gasteiger partial charge in [0.05, 0.1) is 36.3 Å². The molecule has 40 heavy (non-hydrogen) atoms. The van der Waals surface area contributed by atoms with E-state index in [0.29, 0.717) is 68.7 Å². The van der Waals surface area contributed by atoms with E-state index >= 15 is 0 Å². The van der Waals surface area contributed by atoms with E-state index in [2.05, 4.69) is 25.8 Å². The number of ether oxygens (including phenoxy) is 2. The molecule has 3 N–H and O–H groups in total. The highest BCUT2D eigenvalue weighted by atomic mass is 35.5. The normalized spacial score (nSPS) is 20.1. The first-order chi connectivity index (χ1) is 19.0. The lowest BCUT2D eigenvalue weighted by Crippen LogP contribution is -2.44. The molecule has 0 aliphatic carbocycles. The number of halogens is 4. The van der Waals surface area contributed by atoms with Crippen LogP contribution >= 0.6 is 11.6 Å². The Morgan fingerprint density at radius 3 is 2.70 bits per heavy atom. The van der Waals surface area contributed by atoms with Gasteiger partial charge in [-0.25, -0.2) is 9.67 Å². The number of piperidine rings is 1. The zero-order chi connectivity index (χ0) is 28.7. The molecule has 1 atom stereocenters. The highest BCUT2D eigenvalue weighted by molar-refractivity contribution is 6.32. The number of aromatic nitrogens is 5. The summed E-state index contributed by atoms with van der Waals surface area (Å²) in [7, 11) is 1.77. The molecule has 3 aliphatic heterocycles. The number of carbonyl (C=O) groups is 1. The minimum atomic E-state index is -4.69. The molecule has 0 bridgehead atoms. The number of hydrogen-bond donors (Lipinski definition) is 3. The van der Waals surface area contributed by atoms with E-state index in [1.54, 1.807) is 11.7 Å². The smallest absolute Gasteiger partial charge is 0.377 e. The van der Waals surface area contributed by atoms with Crippen molar-refractivity contribution in [2.75, 3.05) is 31.6 Å². The van der Waals surface area contributed by atoms with Crippen LogP contribution in [0.2, 0.25) is 5.15 Å². The first-order valence-electron chi connectivity index (χ1n) is 12.8. The molecule has 216 valence electrons. The van der Waals surface area contributed by atoms with Crippen molar-refractivity contribution in [1.29, 1.82) is 0 Å². The Morgan fingerprint density at radius 1 is 1.30 bits per heavy atom. The largest absolute Gasteiger partial charge is 0.433 e. The summed E-state index contributed by atoms with van der Waals surface area (Å²) in [5.74, 6) is -0.297. The summed E-state index contributed by atoms with van der Waals surface area (Å²) in [6.45, 7) is 3.47. The maximum Gasteiger partial charge on any atom is 0.433 e. The molecule has 1 unspecified atom stereocenters. The number of amides is 1. The van der Waals surface area contributed by atoms with Gasteiger partial charge in [0.15, 0.2) is 11.0 Å². The van der Waals surface area contributed by atoms with Gasteiger partial charge in [0.2, 0.25) is 5.91 Å². The van der Waals surface area contributed by atoms with E-state index < -0.39 is 46.7 Å². The first-order valence-corrected chi connectivity index (χ1v) is 13.2. The number of fused-ring (bicyclic) bond motifs is 2. The average molecular weight is 584 g/mol. The van der Waals surface area contributed by atoms with Gasteiger partial charge in [0.1, 0.15) is 17.8 Å². The molecule has 3 aliphatic rings. The summed E-state index contributed by atoms with van der Waals surface area (Å²) in [6.07, 6.45) is -1.60. The number of H-pyrrole nitrogens is 1. The van der Waals surface area contributed by atoms with Gasteiger partial charge in [-0.3, -0.25) is 19.4 Å². The monoisotopic (exact) mass is 583 g/mol. The fourth-order valence-corrected chi connectivity index (χ4v) is 5.48. The van der Waals surface area contributed by atoms with Gasteiger partial charge in [-0.2, -0.15) is 13.2 Å². The van der Waals surface area contributed by atoms with Crippen LogP contribution in [0.4, 0.5) is 18.9 Å². The quantitative estimate of drug-likeness (QED) is 0.472. The molecule has 2 aromatic heterocycles. The summed E-state index contributed by atoms with van der Waals surface area (Å²) in [5.41, 5.74) is -0.854. The second-order valence-corrected chi connectivity index (χ2v) is 10.2. The van der Waals surface area contributed by atoms with Crippen molar-refractivity contribution >= 4 is 28.8 Å². The second kappa shape index (κ2) is 11.0. The van der Waals surface area contributed by atoms with Crippen molar-refractivity contribution < 1.29 is 27.4 Å². The van der Waals surface area contributed by atoms with E-state index in [-0.39, 0.29) is 5.69 Å². The number of aryl methyl sites for hydroxylation is 1. The van der Waals surface area contributed by atoms with E-state index in [1.165, 1.54) is 0 Å². The van der Waals surface area contributed by atoms with Crippen molar-refractivity contribution in [3.8, 4) is 0 Å². The topological polar surface area (TPSA) is 128 Å². The molecule has 0 saturated carbocycles. The molecule has 0 radical (unpaired) electrons. The molecule has 11 nitrogen and oxygen atoms in total. The van der Waals surface area contributed by atoms with Crippen LogP contribution in [-0.2, 0) is 39.6 Å². The van der Waals surface area contributed by atoms with Crippen LogP contribution in [0.5, 0.6) is 0 Å². The number of nitrogens with zero attached hydrogens (tertiary/aromatic N) is 4. The number of carbonyl (C=O) groups excluding carboxylic acids is 1. The molecule has 0 aromatic carbocycles. The average Bonchev–Trinajstić information content (AvgIpc) is 3.16. The lowest BCUT2D eigenvalue weighted by atomic mass is 9.86. The van der Waals surface area contributed by atoms with E-state index in [4.69, 9.17) is 21.1 Å². The maximum atomic E-state index is 14.2. The zero-order valence-electron chi connectivity index (χ0n) is 21.9. The number of hydrogen-bond acceptors (Lipinski definition) is 7. The Balaban J connectivity index is 1.60. The lowest BCUT2D eigenvalue weighted by Gasteiger charge is -2.33. The van der Waals surface area contributed by atoms with Crippen LogP contribution in [-0.4, -0.2) is 56.8 Å². The van der Waals surface area contributed by atoms with Gasteiger partial charge in [0, 0.05) is 7.05 Å². The van der Waals surface area contributed by atoms with Gasteiger partial charge in [-0.1, -0.05) is 17.7 Å². The van der Waals surface area contributed by atoms with E-state index in [1.807, 2.05) is 13.0 Å². The SMILES string of the molecule is CC1OC2(CCNCC2)c2c1[nH]n(C)c(C1=CCOCC1)nn(CC(=O)Nc1ccc(C(F)(F)F)nc1Cl)c2=O. The minimum Gasteiger partial charge on any atom is -0.377 e. The molecule has 5 rings (SSSR count). The minimum absolute atomic E-state index is 0.123. The Labute approximate surface area is 232 Å². The first kappa shape index (κ1) is 28.3. The third-order valence-corrected chi connectivity index (χ3v) is 7.46. The van der Waals surface area contributed by atoms with Crippen LogP contribution in [0.15, 0.2) is 23.0 Å². The highest BCUT2D eigenvalue weighted by Crippen LogP contribution is 2.45. The number of alkyl halides is 3. The predicted octanol–water partition coefficient (Wildman–Crippen LogP) is 3.21. The number of nitrogens with one attached hydrogen (secondary N) is 3. The molecule has 5 heterocycles. The molecule has 1 spiro atoms. The number of rotatable bonds is 4. The van der Waals surface area contributed by atoms with Crippen LogP contribution in [0, 0.1) is 0 Å². The second-order valence-electron chi connectivity index (χ2n) is 9.89. The molecule has 1 amide bonds.